The number of alkyl halides is 1. The molecule has 0 N–H and O–H groups in total. The summed E-state index contributed by atoms with van der Waals surface area (Å²) in [5.41, 5.74) is 3.09. The number of benzene rings is 1. The number of carbonyl (C=O) groups is 1. The molecule has 0 aromatic heterocycles. The summed E-state index contributed by atoms with van der Waals surface area (Å²) >= 11 is 5.96. The Morgan fingerprint density at radius 1 is 1.04 bits per heavy atom. The van der Waals surface area contributed by atoms with Crippen LogP contribution in [0.1, 0.15) is 79.3 Å². The van der Waals surface area contributed by atoms with Gasteiger partial charge in [0.05, 0.1) is 0 Å². The van der Waals surface area contributed by atoms with Gasteiger partial charge in [-0.3, -0.25) is 4.79 Å². The Balaban J connectivity index is 1.85. The molecule has 0 radical (unpaired) electrons. The van der Waals surface area contributed by atoms with Crippen molar-refractivity contribution < 1.29 is 4.79 Å². The lowest BCUT2D eigenvalue weighted by molar-refractivity contribution is 0.0518. The molecule has 2 aliphatic rings. The zero-order chi connectivity index (χ0) is 16.2. The Kier molecular flexibility index (Phi) is 5.63. The summed E-state index contributed by atoms with van der Waals surface area (Å²) in [6, 6.07) is 6.93. The Morgan fingerprint density at radius 3 is 2.13 bits per heavy atom. The van der Waals surface area contributed by atoms with Crippen LogP contribution in [0.2, 0.25) is 0 Å². The van der Waals surface area contributed by atoms with E-state index in [0.29, 0.717) is 18.0 Å². The SMILES string of the molecule is Cc1cc(C(=O)N(C2CCCCC2)C2CCCC2)ccc1CCl. The maximum absolute atomic E-state index is 13.3. The topological polar surface area (TPSA) is 20.3 Å². The third-order valence-corrected chi connectivity index (χ3v) is 5.94. The van der Waals surface area contributed by atoms with Crippen LogP contribution in [0, 0.1) is 6.92 Å². The van der Waals surface area contributed by atoms with Crippen LogP contribution in [-0.4, -0.2) is 22.9 Å². The highest BCUT2D eigenvalue weighted by molar-refractivity contribution is 6.17. The van der Waals surface area contributed by atoms with Crippen molar-refractivity contribution in [3.63, 3.8) is 0 Å². The van der Waals surface area contributed by atoms with Crippen LogP contribution in [0.15, 0.2) is 18.2 Å². The average Bonchev–Trinajstić information content (AvgIpc) is 3.10. The Morgan fingerprint density at radius 2 is 1.61 bits per heavy atom. The molecule has 0 unspecified atom stereocenters. The third kappa shape index (κ3) is 3.74. The summed E-state index contributed by atoms with van der Waals surface area (Å²) in [5.74, 6) is 0.753. The van der Waals surface area contributed by atoms with E-state index < -0.39 is 0 Å². The van der Waals surface area contributed by atoms with Gasteiger partial charge in [-0.1, -0.05) is 38.2 Å². The molecule has 1 amide bonds. The van der Waals surface area contributed by atoms with E-state index in [9.17, 15) is 4.79 Å². The third-order valence-electron chi connectivity index (χ3n) is 5.65. The molecule has 0 atom stereocenters. The number of hydrogen-bond donors (Lipinski definition) is 0. The smallest absolute Gasteiger partial charge is 0.254 e. The fraction of sp³-hybridized carbons (Fsp3) is 0.650. The van der Waals surface area contributed by atoms with Crippen molar-refractivity contribution in [1.29, 1.82) is 0 Å². The van der Waals surface area contributed by atoms with E-state index in [1.807, 2.05) is 18.2 Å². The molecule has 0 saturated heterocycles. The van der Waals surface area contributed by atoms with E-state index in [2.05, 4.69) is 11.8 Å². The van der Waals surface area contributed by atoms with Gasteiger partial charge in [0.2, 0.25) is 0 Å². The second kappa shape index (κ2) is 7.70. The molecule has 2 saturated carbocycles. The van der Waals surface area contributed by atoms with Gasteiger partial charge in [-0.2, -0.15) is 0 Å². The van der Waals surface area contributed by atoms with Crippen molar-refractivity contribution in [2.24, 2.45) is 0 Å². The highest BCUT2D eigenvalue weighted by atomic mass is 35.5. The number of amides is 1. The number of aryl methyl sites for hydroxylation is 1. The first kappa shape index (κ1) is 16.8. The zero-order valence-corrected chi connectivity index (χ0v) is 14.9. The van der Waals surface area contributed by atoms with E-state index in [1.165, 1.54) is 57.8 Å². The Bertz CT molecular complexity index is 545. The second-order valence-corrected chi connectivity index (χ2v) is 7.48. The highest BCUT2D eigenvalue weighted by Crippen LogP contribution is 2.32. The monoisotopic (exact) mass is 333 g/mol. The van der Waals surface area contributed by atoms with Crippen molar-refractivity contribution in [3.05, 3.63) is 34.9 Å². The van der Waals surface area contributed by atoms with E-state index in [-0.39, 0.29) is 5.91 Å². The minimum Gasteiger partial charge on any atom is -0.333 e. The van der Waals surface area contributed by atoms with E-state index >= 15 is 0 Å². The first-order valence-corrected chi connectivity index (χ1v) is 9.72. The predicted molar refractivity (Wildman–Crippen MR) is 96.0 cm³/mol. The predicted octanol–water partition coefficient (Wildman–Crippen LogP) is 5.45. The fourth-order valence-corrected chi connectivity index (χ4v) is 4.60. The molecule has 0 spiro atoms. The minimum absolute atomic E-state index is 0.244. The molecule has 0 heterocycles. The van der Waals surface area contributed by atoms with Crippen molar-refractivity contribution in [1.82, 2.24) is 4.90 Å². The van der Waals surface area contributed by atoms with Crippen LogP contribution in [-0.2, 0) is 5.88 Å². The molecule has 3 rings (SSSR count). The van der Waals surface area contributed by atoms with Gasteiger partial charge >= 0.3 is 0 Å². The van der Waals surface area contributed by atoms with Crippen molar-refractivity contribution in [2.75, 3.05) is 0 Å². The molecule has 3 heteroatoms. The van der Waals surface area contributed by atoms with Crippen molar-refractivity contribution in [2.45, 2.75) is 82.7 Å². The number of hydrogen-bond acceptors (Lipinski definition) is 1. The summed E-state index contributed by atoms with van der Waals surface area (Å²) in [7, 11) is 0. The van der Waals surface area contributed by atoms with Gasteiger partial charge in [-0.15, -0.1) is 11.6 Å². The first-order chi connectivity index (χ1) is 11.2. The summed E-state index contributed by atoms with van der Waals surface area (Å²) in [4.78, 5) is 15.5. The van der Waals surface area contributed by atoms with Crippen molar-refractivity contribution in [3.8, 4) is 0 Å². The molecule has 1 aromatic carbocycles. The molecule has 0 bridgehead atoms. The maximum atomic E-state index is 13.3. The minimum atomic E-state index is 0.244. The summed E-state index contributed by atoms with van der Waals surface area (Å²) < 4.78 is 0. The lowest BCUT2D eigenvalue weighted by Gasteiger charge is -2.39. The largest absolute Gasteiger partial charge is 0.333 e. The normalized spacial score (nSPS) is 19.9. The molecular weight excluding hydrogens is 306 g/mol. The summed E-state index contributed by atoms with van der Waals surface area (Å²) in [6.45, 7) is 2.05. The van der Waals surface area contributed by atoms with Gasteiger partial charge in [-0.05, 0) is 55.9 Å². The Labute approximate surface area is 145 Å². The molecule has 2 fully saturated rings. The molecule has 2 nitrogen and oxygen atoms in total. The van der Waals surface area contributed by atoms with Crippen molar-refractivity contribution >= 4 is 17.5 Å². The summed E-state index contributed by atoms with van der Waals surface area (Å²) in [5, 5.41) is 0. The van der Waals surface area contributed by atoms with E-state index in [4.69, 9.17) is 11.6 Å². The van der Waals surface area contributed by atoms with Crippen LogP contribution in [0.4, 0.5) is 0 Å². The van der Waals surface area contributed by atoms with Gasteiger partial charge in [-0.25, -0.2) is 0 Å². The fourth-order valence-electron chi connectivity index (χ4n) is 4.30. The van der Waals surface area contributed by atoms with Crippen LogP contribution < -0.4 is 0 Å². The van der Waals surface area contributed by atoms with E-state index in [1.54, 1.807) is 0 Å². The van der Waals surface area contributed by atoms with Crippen LogP contribution in [0.3, 0.4) is 0 Å². The van der Waals surface area contributed by atoms with Crippen LogP contribution in [0.5, 0.6) is 0 Å². The molecule has 2 aliphatic carbocycles. The lowest BCUT2D eigenvalue weighted by Crippen LogP contribution is -2.47. The molecular formula is C20H28ClNO. The number of nitrogens with zero attached hydrogens (tertiary/aromatic N) is 1. The molecule has 23 heavy (non-hydrogen) atoms. The Hall–Kier alpha value is -1.02. The number of halogens is 1. The second-order valence-electron chi connectivity index (χ2n) is 7.22. The highest BCUT2D eigenvalue weighted by Gasteiger charge is 2.33. The standard InChI is InChI=1S/C20H28ClNO/c1-15-13-16(11-12-17(15)14-21)20(23)22(19-9-5-6-10-19)18-7-3-2-4-8-18/h11-13,18-19H,2-10,14H2,1H3. The van der Waals surface area contributed by atoms with Gasteiger partial charge < -0.3 is 4.90 Å². The summed E-state index contributed by atoms with van der Waals surface area (Å²) in [6.07, 6.45) is 11.1. The quantitative estimate of drug-likeness (QED) is 0.671. The van der Waals surface area contributed by atoms with Crippen LogP contribution >= 0.6 is 11.6 Å². The number of carbonyl (C=O) groups excluding carboxylic acids is 1. The number of rotatable bonds is 4. The maximum Gasteiger partial charge on any atom is 0.254 e. The zero-order valence-electron chi connectivity index (χ0n) is 14.2. The lowest BCUT2D eigenvalue weighted by atomic mass is 9.92. The first-order valence-electron chi connectivity index (χ1n) is 9.19. The molecule has 1 aromatic rings. The van der Waals surface area contributed by atoms with Crippen LogP contribution in [0.25, 0.3) is 0 Å². The van der Waals surface area contributed by atoms with Gasteiger partial charge in [0.1, 0.15) is 0 Å². The average molecular weight is 334 g/mol. The molecule has 126 valence electrons. The van der Waals surface area contributed by atoms with Gasteiger partial charge in [0.25, 0.3) is 5.91 Å². The van der Waals surface area contributed by atoms with Gasteiger partial charge in [0, 0.05) is 23.5 Å². The van der Waals surface area contributed by atoms with E-state index in [0.717, 1.165) is 16.7 Å². The van der Waals surface area contributed by atoms with Gasteiger partial charge in [0.15, 0.2) is 0 Å². The molecule has 0 aliphatic heterocycles.